The van der Waals surface area contributed by atoms with Crippen molar-refractivity contribution in [1.29, 1.82) is 0 Å². The Kier molecular flexibility index (Phi) is 6.32. The molecule has 1 aliphatic rings. The van der Waals surface area contributed by atoms with Crippen molar-refractivity contribution >= 4 is 23.7 Å². The van der Waals surface area contributed by atoms with Gasteiger partial charge in [0.05, 0.1) is 11.3 Å². The van der Waals surface area contributed by atoms with Crippen LogP contribution in [0.1, 0.15) is 27.4 Å². The molecule has 0 atom stereocenters. The molecule has 0 aromatic heterocycles. The molecular weight excluding hydrogens is 431 g/mol. The summed E-state index contributed by atoms with van der Waals surface area (Å²) in [6, 6.07) is 18.9. The monoisotopic (exact) mass is 450 g/mol. The topological polar surface area (TPSA) is 114 Å². The van der Waals surface area contributed by atoms with E-state index in [-0.39, 0.29) is 23.8 Å². The van der Waals surface area contributed by atoms with Crippen LogP contribution in [-0.4, -0.2) is 36.3 Å². The fraction of sp³-hybridized carbons (Fsp3) is 0.125. The molecule has 0 fully saturated rings. The third kappa shape index (κ3) is 4.83. The largest absolute Gasteiger partial charge is 0.479 e. The molecule has 3 aromatic rings. The number of hydroxylamine groups is 1. The van der Waals surface area contributed by atoms with E-state index in [1.165, 1.54) is 6.07 Å². The number of carbonyl (C=O) groups is 3. The molecule has 0 unspecified atom stereocenters. The number of fused-ring (bicyclic) bond motifs is 3. The SMILES string of the molecule is O=C(O)CONC(=O)c1cc(F)ccc1NC(=O)OCC1c2ccccc2-c2ccccc21. The van der Waals surface area contributed by atoms with Gasteiger partial charge in [-0.25, -0.2) is 19.5 Å². The molecule has 8 nitrogen and oxygen atoms in total. The zero-order valence-corrected chi connectivity index (χ0v) is 17.2. The number of benzene rings is 3. The van der Waals surface area contributed by atoms with Crippen molar-refractivity contribution in [3.8, 4) is 11.1 Å². The third-order valence-electron chi connectivity index (χ3n) is 5.17. The maximum atomic E-state index is 13.7. The van der Waals surface area contributed by atoms with Gasteiger partial charge in [0.15, 0.2) is 6.61 Å². The van der Waals surface area contributed by atoms with Crippen LogP contribution in [-0.2, 0) is 14.4 Å². The number of carboxylic acid groups (broad SMARTS) is 1. The van der Waals surface area contributed by atoms with Gasteiger partial charge < -0.3 is 9.84 Å². The summed E-state index contributed by atoms with van der Waals surface area (Å²) in [5.74, 6) is -3.10. The minimum Gasteiger partial charge on any atom is -0.479 e. The third-order valence-corrected chi connectivity index (χ3v) is 5.17. The molecular formula is C24H19FN2O6. The standard InChI is InChI=1S/C24H19FN2O6/c25-14-9-10-21(19(11-14)23(30)27-33-13-22(28)29)26-24(31)32-12-20-17-7-3-1-5-15(17)16-6-2-4-8-18(16)20/h1-11,20H,12-13H2,(H,26,31)(H,27,30)(H,28,29). The summed E-state index contributed by atoms with van der Waals surface area (Å²) < 4.78 is 19.1. The second kappa shape index (κ2) is 9.49. The fourth-order valence-corrected chi connectivity index (χ4v) is 3.78. The number of hydrogen-bond donors (Lipinski definition) is 3. The number of halogens is 1. The van der Waals surface area contributed by atoms with Crippen molar-refractivity contribution in [2.24, 2.45) is 0 Å². The fourth-order valence-electron chi connectivity index (χ4n) is 3.78. The van der Waals surface area contributed by atoms with Crippen LogP contribution in [0.5, 0.6) is 0 Å². The number of anilines is 1. The predicted molar refractivity (Wildman–Crippen MR) is 116 cm³/mol. The van der Waals surface area contributed by atoms with E-state index in [0.29, 0.717) is 0 Å². The van der Waals surface area contributed by atoms with Gasteiger partial charge in [0, 0.05) is 5.92 Å². The second-order valence-corrected chi connectivity index (χ2v) is 7.25. The highest BCUT2D eigenvalue weighted by Crippen LogP contribution is 2.44. The van der Waals surface area contributed by atoms with Gasteiger partial charge in [-0.05, 0) is 40.5 Å². The highest BCUT2D eigenvalue weighted by Gasteiger charge is 2.29. The Labute approximate surface area is 187 Å². The summed E-state index contributed by atoms with van der Waals surface area (Å²) in [6.45, 7) is -0.722. The highest BCUT2D eigenvalue weighted by molar-refractivity contribution is 6.02. The Hall–Kier alpha value is -4.24. The van der Waals surface area contributed by atoms with E-state index in [0.717, 1.165) is 34.4 Å². The van der Waals surface area contributed by atoms with Crippen LogP contribution in [0.25, 0.3) is 11.1 Å². The van der Waals surface area contributed by atoms with Gasteiger partial charge in [0.25, 0.3) is 5.91 Å². The highest BCUT2D eigenvalue weighted by atomic mass is 19.1. The minimum atomic E-state index is -1.30. The molecule has 3 aromatic carbocycles. The van der Waals surface area contributed by atoms with Gasteiger partial charge in [-0.1, -0.05) is 48.5 Å². The van der Waals surface area contributed by atoms with Gasteiger partial charge in [-0.3, -0.25) is 14.9 Å². The van der Waals surface area contributed by atoms with E-state index in [2.05, 4.69) is 10.2 Å². The van der Waals surface area contributed by atoms with Gasteiger partial charge >= 0.3 is 12.1 Å². The summed E-state index contributed by atoms with van der Waals surface area (Å²) in [4.78, 5) is 39.8. The number of carbonyl (C=O) groups excluding carboxylic acids is 2. The van der Waals surface area contributed by atoms with Crippen LogP contribution in [0, 0.1) is 5.82 Å². The van der Waals surface area contributed by atoms with Crippen LogP contribution in [0.2, 0.25) is 0 Å². The molecule has 0 heterocycles. The van der Waals surface area contributed by atoms with Gasteiger partial charge in [0.2, 0.25) is 0 Å². The average Bonchev–Trinajstić information content (AvgIpc) is 3.12. The molecule has 168 valence electrons. The lowest BCUT2D eigenvalue weighted by Gasteiger charge is -2.15. The van der Waals surface area contributed by atoms with Crippen LogP contribution in [0.15, 0.2) is 66.7 Å². The minimum absolute atomic E-state index is 0.0231. The van der Waals surface area contributed by atoms with Crippen molar-refractivity contribution in [3.63, 3.8) is 0 Å². The van der Waals surface area contributed by atoms with E-state index >= 15 is 0 Å². The van der Waals surface area contributed by atoms with E-state index < -0.39 is 30.4 Å². The first-order valence-corrected chi connectivity index (χ1v) is 9.99. The van der Waals surface area contributed by atoms with Crippen molar-refractivity contribution in [1.82, 2.24) is 5.48 Å². The number of rotatable bonds is 7. The molecule has 0 aliphatic heterocycles. The molecule has 0 saturated heterocycles. The first-order valence-electron chi connectivity index (χ1n) is 9.99. The van der Waals surface area contributed by atoms with Crippen molar-refractivity contribution in [2.45, 2.75) is 5.92 Å². The van der Waals surface area contributed by atoms with Crippen LogP contribution < -0.4 is 10.8 Å². The molecule has 4 rings (SSSR count). The summed E-state index contributed by atoms with van der Waals surface area (Å²) in [5, 5.41) is 11.0. The maximum absolute atomic E-state index is 13.7. The number of nitrogens with one attached hydrogen (secondary N) is 2. The number of hydrogen-bond acceptors (Lipinski definition) is 5. The first kappa shape index (κ1) is 22.0. The van der Waals surface area contributed by atoms with E-state index in [1.807, 2.05) is 54.0 Å². The van der Waals surface area contributed by atoms with E-state index in [9.17, 15) is 18.8 Å². The smallest absolute Gasteiger partial charge is 0.411 e. The first-order chi connectivity index (χ1) is 15.9. The van der Waals surface area contributed by atoms with Crippen LogP contribution in [0.3, 0.4) is 0 Å². The summed E-state index contributed by atoms with van der Waals surface area (Å²) in [5.41, 5.74) is 5.87. The zero-order chi connectivity index (χ0) is 23.4. The molecule has 0 bridgehead atoms. The van der Waals surface area contributed by atoms with E-state index in [1.54, 1.807) is 0 Å². The lowest BCUT2D eigenvalue weighted by atomic mass is 9.98. The normalized spacial score (nSPS) is 11.9. The molecule has 33 heavy (non-hydrogen) atoms. The van der Waals surface area contributed by atoms with Gasteiger partial charge in [-0.15, -0.1) is 0 Å². The second-order valence-electron chi connectivity index (χ2n) is 7.25. The molecule has 0 spiro atoms. The lowest BCUT2D eigenvalue weighted by Crippen LogP contribution is -2.28. The van der Waals surface area contributed by atoms with Crippen LogP contribution in [0.4, 0.5) is 14.9 Å². The molecule has 0 radical (unpaired) electrons. The summed E-state index contributed by atoms with van der Waals surface area (Å²) in [6.07, 6.45) is -0.830. The van der Waals surface area contributed by atoms with Crippen molar-refractivity contribution in [2.75, 3.05) is 18.5 Å². The molecule has 0 saturated carbocycles. The number of amides is 2. The Morgan fingerprint density at radius 3 is 2.21 bits per heavy atom. The number of ether oxygens (including phenoxy) is 1. The van der Waals surface area contributed by atoms with Crippen molar-refractivity contribution < 1.29 is 33.5 Å². The van der Waals surface area contributed by atoms with Crippen LogP contribution >= 0.6 is 0 Å². The van der Waals surface area contributed by atoms with E-state index in [4.69, 9.17) is 9.84 Å². The predicted octanol–water partition coefficient (Wildman–Crippen LogP) is 3.93. The Morgan fingerprint density at radius 2 is 1.58 bits per heavy atom. The Bertz CT molecular complexity index is 1180. The number of carboxylic acids is 1. The molecule has 2 amide bonds. The van der Waals surface area contributed by atoms with Crippen molar-refractivity contribution in [3.05, 3.63) is 89.2 Å². The molecule has 9 heteroatoms. The summed E-state index contributed by atoms with van der Waals surface area (Å²) in [7, 11) is 0. The zero-order valence-electron chi connectivity index (χ0n) is 17.2. The maximum Gasteiger partial charge on any atom is 0.411 e. The van der Waals surface area contributed by atoms with Gasteiger partial charge in [-0.2, -0.15) is 0 Å². The summed E-state index contributed by atoms with van der Waals surface area (Å²) >= 11 is 0. The molecule has 3 N–H and O–H groups in total. The Morgan fingerprint density at radius 1 is 0.939 bits per heavy atom. The van der Waals surface area contributed by atoms with Gasteiger partial charge in [0.1, 0.15) is 12.4 Å². The Balaban J connectivity index is 1.45. The quantitative estimate of drug-likeness (QED) is 0.470. The number of aliphatic carboxylic acids is 1. The lowest BCUT2D eigenvalue weighted by molar-refractivity contribution is -0.144. The average molecular weight is 450 g/mol. The molecule has 1 aliphatic carbocycles.